The average molecular weight is 376 g/mol. The van der Waals surface area contributed by atoms with E-state index in [2.05, 4.69) is 5.32 Å². The van der Waals surface area contributed by atoms with E-state index in [-0.39, 0.29) is 19.3 Å². The average Bonchev–Trinajstić information content (AvgIpc) is 2.61. The second-order valence-corrected chi connectivity index (χ2v) is 6.41. The van der Waals surface area contributed by atoms with Gasteiger partial charge in [0.15, 0.2) is 13.2 Å². The lowest BCUT2D eigenvalue weighted by molar-refractivity contribution is -0.150. The molecule has 1 amide bonds. The fourth-order valence-corrected chi connectivity index (χ4v) is 2.62. The number of rotatable bonds is 7. The summed E-state index contributed by atoms with van der Waals surface area (Å²) in [6.07, 6.45) is 0. The molecule has 2 aromatic rings. The molecule has 0 radical (unpaired) electrons. The van der Waals surface area contributed by atoms with E-state index in [9.17, 15) is 9.59 Å². The van der Waals surface area contributed by atoms with Crippen LogP contribution in [0.2, 0.25) is 5.02 Å². The third-order valence-electron chi connectivity index (χ3n) is 3.95. The summed E-state index contributed by atoms with van der Waals surface area (Å²) in [6, 6.07) is 12.5. The summed E-state index contributed by atoms with van der Waals surface area (Å²) in [5, 5.41) is 3.31. The molecule has 2 rings (SSSR count). The summed E-state index contributed by atoms with van der Waals surface area (Å²) in [7, 11) is 0. The molecule has 0 aliphatic heterocycles. The maximum absolute atomic E-state index is 11.9. The van der Waals surface area contributed by atoms with Gasteiger partial charge >= 0.3 is 5.97 Å². The Balaban J connectivity index is 1.75. The van der Waals surface area contributed by atoms with E-state index >= 15 is 0 Å². The fraction of sp³-hybridized carbons (Fsp3) is 0.300. The molecule has 0 unspecified atom stereocenters. The first-order valence-corrected chi connectivity index (χ1v) is 8.64. The highest BCUT2D eigenvalue weighted by molar-refractivity contribution is 6.31. The van der Waals surface area contributed by atoms with Crippen molar-refractivity contribution in [2.45, 2.75) is 26.8 Å². The molecule has 0 saturated carbocycles. The molecule has 0 heterocycles. The van der Waals surface area contributed by atoms with Crippen LogP contribution in [0.4, 0.5) is 0 Å². The van der Waals surface area contributed by atoms with Crippen LogP contribution in [0.1, 0.15) is 29.7 Å². The molecule has 0 spiro atoms. The Morgan fingerprint density at radius 3 is 2.50 bits per heavy atom. The van der Waals surface area contributed by atoms with E-state index in [4.69, 9.17) is 21.1 Å². The smallest absolute Gasteiger partial charge is 0.344 e. The summed E-state index contributed by atoms with van der Waals surface area (Å²) >= 11 is 6.10. The highest BCUT2D eigenvalue weighted by Crippen LogP contribution is 2.22. The summed E-state index contributed by atoms with van der Waals surface area (Å²) < 4.78 is 10.3. The van der Waals surface area contributed by atoms with E-state index in [0.717, 1.165) is 16.7 Å². The Labute approximate surface area is 158 Å². The Hall–Kier alpha value is -2.53. The number of carbonyl (C=O) groups is 2. The van der Waals surface area contributed by atoms with Gasteiger partial charge in [-0.3, -0.25) is 4.79 Å². The minimum Gasteiger partial charge on any atom is -0.482 e. The molecule has 0 aliphatic carbocycles. The van der Waals surface area contributed by atoms with Gasteiger partial charge in [0, 0.05) is 5.02 Å². The highest BCUT2D eigenvalue weighted by Gasteiger charge is 2.14. The molecule has 2 aromatic carbocycles. The molecular weight excluding hydrogens is 354 g/mol. The molecule has 0 aliphatic rings. The molecule has 0 bridgehead atoms. The van der Waals surface area contributed by atoms with Crippen molar-refractivity contribution >= 4 is 23.5 Å². The summed E-state index contributed by atoms with van der Waals surface area (Å²) in [5.41, 5.74) is 3.01. The molecule has 0 fully saturated rings. The second kappa shape index (κ2) is 9.25. The minimum absolute atomic E-state index is 0.254. The number of carbonyl (C=O) groups excluding carboxylic acids is 2. The zero-order chi connectivity index (χ0) is 19.1. The standard InChI is InChI=1S/C20H22ClNO4/c1-13-8-9-16(10-14(13)2)25-12-20(24)26-11-19(23)22-15(3)17-6-4-5-7-18(17)21/h4-10,15H,11-12H2,1-3H3,(H,22,23)/t15-/m0/s1. The van der Waals surface area contributed by atoms with Crippen LogP contribution in [-0.4, -0.2) is 25.1 Å². The molecule has 138 valence electrons. The van der Waals surface area contributed by atoms with Crippen LogP contribution in [-0.2, 0) is 14.3 Å². The SMILES string of the molecule is Cc1ccc(OCC(=O)OCC(=O)N[C@@H](C)c2ccccc2Cl)cc1C. The van der Waals surface area contributed by atoms with Crippen LogP contribution < -0.4 is 10.1 Å². The molecule has 1 N–H and O–H groups in total. The van der Waals surface area contributed by atoms with Crippen molar-refractivity contribution in [1.82, 2.24) is 5.32 Å². The molecule has 0 saturated heterocycles. The zero-order valence-corrected chi connectivity index (χ0v) is 15.8. The molecule has 0 aromatic heterocycles. The van der Waals surface area contributed by atoms with Crippen molar-refractivity contribution in [3.8, 4) is 5.75 Å². The fourth-order valence-electron chi connectivity index (χ4n) is 2.32. The van der Waals surface area contributed by atoms with Crippen molar-refractivity contribution in [2.24, 2.45) is 0 Å². The van der Waals surface area contributed by atoms with Crippen molar-refractivity contribution in [2.75, 3.05) is 13.2 Å². The largest absolute Gasteiger partial charge is 0.482 e. The zero-order valence-electron chi connectivity index (χ0n) is 15.0. The van der Waals surface area contributed by atoms with Gasteiger partial charge in [-0.05, 0) is 55.7 Å². The van der Waals surface area contributed by atoms with Crippen LogP contribution in [0, 0.1) is 13.8 Å². The summed E-state index contributed by atoms with van der Waals surface area (Å²) in [5.74, 6) is -0.428. The van der Waals surface area contributed by atoms with E-state index in [0.29, 0.717) is 10.8 Å². The maximum Gasteiger partial charge on any atom is 0.344 e. The number of nitrogens with one attached hydrogen (secondary N) is 1. The van der Waals surface area contributed by atoms with Gasteiger partial charge in [0.2, 0.25) is 0 Å². The first kappa shape index (κ1) is 19.8. The van der Waals surface area contributed by atoms with Crippen molar-refractivity contribution in [3.63, 3.8) is 0 Å². The molecule has 5 nitrogen and oxygen atoms in total. The predicted octanol–water partition coefficient (Wildman–Crippen LogP) is 3.76. The summed E-state index contributed by atoms with van der Waals surface area (Å²) in [4.78, 5) is 23.7. The van der Waals surface area contributed by atoms with Gasteiger partial charge in [-0.2, -0.15) is 0 Å². The molecular formula is C20H22ClNO4. The van der Waals surface area contributed by atoms with Gasteiger partial charge in [0.25, 0.3) is 5.91 Å². The van der Waals surface area contributed by atoms with Gasteiger partial charge in [0.05, 0.1) is 6.04 Å². The van der Waals surface area contributed by atoms with Crippen molar-refractivity contribution in [3.05, 3.63) is 64.2 Å². The monoisotopic (exact) mass is 375 g/mol. The molecule has 26 heavy (non-hydrogen) atoms. The number of amides is 1. The molecule has 1 atom stereocenters. The summed E-state index contributed by atoms with van der Waals surface area (Å²) in [6.45, 7) is 5.14. The first-order chi connectivity index (χ1) is 12.4. The number of hydrogen-bond donors (Lipinski definition) is 1. The number of esters is 1. The normalized spacial score (nSPS) is 11.5. The van der Waals surface area contributed by atoms with Crippen LogP contribution >= 0.6 is 11.6 Å². The number of aryl methyl sites for hydroxylation is 2. The van der Waals surface area contributed by atoms with Gasteiger partial charge in [-0.25, -0.2) is 4.79 Å². The van der Waals surface area contributed by atoms with Crippen LogP contribution in [0.5, 0.6) is 5.75 Å². The Morgan fingerprint density at radius 2 is 1.81 bits per heavy atom. The van der Waals surface area contributed by atoms with Gasteiger partial charge < -0.3 is 14.8 Å². The van der Waals surface area contributed by atoms with Crippen molar-refractivity contribution < 1.29 is 19.1 Å². The second-order valence-electron chi connectivity index (χ2n) is 6.01. The van der Waals surface area contributed by atoms with Crippen LogP contribution in [0.3, 0.4) is 0 Å². The quantitative estimate of drug-likeness (QED) is 0.748. The van der Waals surface area contributed by atoms with E-state index < -0.39 is 11.9 Å². The maximum atomic E-state index is 11.9. The highest BCUT2D eigenvalue weighted by atomic mass is 35.5. The van der Waals surface area contributed by atoms with Crippen molar-refractivity contribution in [1.29, 1.82) is 0 Å². The van der Waals surface area contributed by atoms with E-state index in [1.165, 1.54) is 0 Å². The van der Waals surface area contributed by atoms with E-state index in [1.54, 1.807) is 12.1 Å². The number of halogens is 1. The lowest BCUT2D eigenvalue weighted by Gasteiger charge is -2.15. The van der Waals surface area contributed by atoms with Crippen LogP contribution in [0.25, 0.3) is 0 Å². The Kier molecular flexibility index (Phi) is 7.04. The van der Waals surface area contributed by atoms with Gasteiger partial charge in [-0.15, -0.1) is 0 Å². The third-order valence-corrected chi connectivity index (χ3v) is 4.29. The first-order valence-electron chi connectivity index (χ1n) is 8.26. The Morgan fingerprint density at radius 1 is 1.08 bits per heavy atom. The van der Waals surface area contributed by atoms with Gasteiger partial charge in [-0.1, -0.05) is 35.9 Å². The number of benzene rings is 2. The number of hydrogen-bond acceptors (Lipinski definition) is 4. The molecule has 6 heteroatoms. The minimum atomic E-state index is -0.608. The topological polar surface area (TPSA) is 64.6 Å². The number of ether oxygens (including phenoxy) is 2. The predicted molar refractivity (Wildman–Crippen MR) is 100 cm³/mol. The van der Waals surface area contributed by atoms with Crippen LogP contribution in [0.15, 0.2) is 42.5 Å². The van der Waals surface area contributed by atoms with Gasteiger partial charge in [0.1, 0.15) is 5.75 Å². The Bertz CT molecular complexity index is 791. The lowest BCUT2D eigenvalue weighted by atomic mass is 10.1. The third kappa shape index (κ3) is 5.77. The van der Waals surface area contributed by atoms with E-state index in [1.807, 2.05) is 51.1 Å². The lowest BCUT2D eigenvalue weighted by Crippen LogP contribution is -2.32.